The quantitative estimate of drug-likeness (QED) is 0.681. The Morgan fingerprint density at radius 1 is 1.25 bits per heavy atom. The first-order valence-corrected chi connectivity index (χ1v) is 8.70. The second-order valence-electron chi connectivity index (χ2n) is 7.54. The molecule has 1 aromatic heterocycles. The molecule has 0 unspecified atom stereocenters. The van der Waals surface area contributed by atoms with Gasteiger partial charge in [0.15, 0.2) is 0 Å². The molecule has 6 nitrogen and oxygen atoms in total. The third kappa shape index (κ3) is 4.47. The molecule has 1 aromatic rings. The first-order valence-electron chi connectivity index (χ1n) is 7.91. The Labute approximate surface area is 151 Å². The summed E-state index contributed by atoms with van der Waals surface area (Å²) < 4.78 is 6.16. The van der Waals surface area contributed by atoms with E-state index in [1.54, 1.807) is 28.1 Å². The molecule has 7 heteroatoms. The number of hydrogen-bond donors (Lipinski definition) is 0. The van der Waals surface area contributed by atoms with Gasteiger partial charge in [0, 0.05) is 25.8 Å². The summed E-state index contributed by atoms with van der Waals surface area (Å²) in [5.74, 6) is -0.0769. The number of hydrogen-bond acceptors (Lipinski definition) is 4. The van der Waals surface area contributed by atoms with Crippen LogP contribution in [0, 0.1) is 0 Å². The Hall–Kier alpha value is -1.63. The molecule has 2 rings (SSSR count). The number of amides is 2. The number of rotatable bonds is 1. The molecule has 132 valence electrons. The van der Waals surface area contributed by atoms with Gasteiger partial charge >= 0.3 is 6.09 Å². The number of nitrogens with zero attached hydrogens (tertiary/aromatic N) is 3. The van der Waals surface area contributed by atoms with Crippen LogP contribution in [-0.4, -0.2) is 57.6 Å². The van der Waals surface area contributed by atoms with Crippen LogP contribution >= 0.6 is 15.9 Å². The van der Waals surface area contributed by atoms with Gasteiger partial charge < -0.3 is 9.64 Å². The monoisotopic (exact) mass is 397 g/mol. The standard InChI is InChI=1S/C17H24BrN3O3/c1-16(2,3)24-15(23)21-9-8-20(11-17(21,4)5)14(22)12-6-7-13(18)19-10-12/h6-7,10H,8-9,11H2,1-5H3. The van der Waals surface area contributed by atoms with Gasteiger partial charge in [0.25, 0.3) is 5.91 Å². The predicted octanol–water partition coefficient (Wildman–Crippen LogP) is 3.32. The minimum atomic E-state index is -0.538. The third-order valence-corrected chi connectivity index (χ3v) is 4.25. The summed E-state index contributed by atoms with van der Waals surface area (Å²) >= 11 is 3.26. The second-order valence-corrected chi connectivity index (χ2v) is 8.35. The average Bonchev–Trinajstić information content (AvgIpc) is 2.44. The highest BCUT2D eigenvalue weighted by atomic mass is 79.9. The smallest absolute Gasteiger partial charge is 0.410 e. The molecular weight excluding hydrogens is 374 g/mol. The van der Waals surface area contributed by atoms with E-state index < -0.39 is 11.1 Å². The van der Waals surface area contributed by atoms with Crippen molar-refractivity contribution in [1.29, 1.82) is 0 Å². The van der Waals surface area contributed by atoms with Gasteiger partial charge in [0.2, 0.25) is 0 Å². The zero-order valence-electron chi connectivity index (χ0n) is 14.8. The molecule has 0 saturated carbocycles. The third-order valence-electron chi connectivity index (χ3n) is 3.78. The van der Waals surface area contributed by atoms with Gasteiger partial charge in [-0.15, -0.1) is 0 Å². The summed E-state index contributed by atoms with van der Waals surface area (Å²) in [6, 6.07) is 3.49. The van der Waals surface area contributed by atoms with E-state index in [2.05, 4.69) is 20.9 Å². The zero-order chi connectivity index (χ0) is 18.1. The Morgan fingerprint density at radius 2 is 1.92 bits per heavy atom. The summed E-state index contributed by atoms with van der Waals surface area (Å²) in [6.07, 6.45) is 1.21. The van der Waals surface area contributed by atoms with E-state index >= 15 is 0 Å². The highest BCUT2D eigenvalue weighted by molar-refractivity contribution is 9.10. The van der Waals surface area contributed by atoms with E-state index in [1.165, 1.54) is 0 Å². The number of carbonyl (C=O) groups excluding carboxylic acids is 2. The first-order chi connectivity index (χ1) is 11.0. The second kappa shape index (κ2) is 6.70. The Kier molecular flexibility index (Phi) is 5.22. The van der Waals surface area contributed by atoms with Crippen molar-refractivity contribution in [2.75, 3.05) is 19.6 Å². The zero-order valence-corrected chi connectivity index (χ0v) is 16.4. The van der Waals surface area contributed by atoms with Gasteiger partial charge in [0.1, 0.15) is 10.2 Å². The summed E-state index contributed by atoms with van der Waals surface area (Å²) in [4.78, 5) is 32.6. The van der Waals surface area contributed by atoms with Crippen molar-refractivity contribution >= 4 is 27.9 Å². The van der Waals surface area contributed by atoms with E-state index in [-0.39, 0.29) is 12.0 Å². The highest BCUT2D eigenvalue weighted by Gasteiger charge is 2.40. The number of piperazine rings is 1. The van der Waals surface area contributed by atoms with Crippen molar-refractivity contribution in [2.45, 2.75) is 45.8 Å². The van der Waals surface area contributed by atoms with Crippen molar-refractivity contribution < 1.29 is 14.3 Å². The molecule has 0 spiro atoms. The van der Waals surface area contributed by atoms with Crippen LogP contribution in [-0.2, 0) is 4.74 Å². The molecule has 2 amide bonds. The van der Waals surface area contributed by atoms with Crippen LogP contribution in [0.2, 0.25) is 0 Å². The lowest BCUT2D eigenvalue weighted by atomic mass is 9.99. The van der Waals surface area contributed by atoms with Gasteiger partial charge in [-0.05, 0) is 62.7 Å². The molecule has 1 aliphatic rings. The number of aromatic nitrogens is 1. The van der Waals surface area contributed by atoms with Gasteiger partial charge in [-0.2, -0.15) is 0 Å². The lowest BCUT2D eigenvalue weighted by Crippen LogP contribution is -2.62. The average molecular weight is 398 g/mol. The lowest BCUT2D eigenvalue weighted by molar-refractivity contribution is -0.0202. The molecule has 24 heavy (non-hydrogen) atoms. The molecule has 0 aromatic carbocycles. The first kappa shape index (κ1) is 18.7. The molecule has 1 saturated heterocycles. The molecule has 0 atom stereocenters. The molecule has 1 aliphatic heterocycles. The van der Waals surface area contributed by atoms with Crippen LogP contribution in [0.25, 0.3) is 0 Å². The van der Waals surface area contributed by atoms with E-state index in [0.29, 0.717) is 29.8 Å². The fraction of sp³-hybridized carbons (Fsp3) is 0.588. The van der Waals surface area contributed by atoms with Gasteiger partial charge in [-0.3, -0.25) is 9.69 Å². The van der Waals surface area contributed by atoms with E-state index in [1.807, 2.05) is 34.6 Å². The van der Waals surface area contributed by atoms with E-state index in [4.69, 9.17) is 4.74 Å². The largest absolute Gasteiger partial charge is 0.444 e. The normalized spacial score (nSPS) is 17.6. The summed E-state index contributed by atoms with van der Waals surface area (Å²) in [5.41, 5.74) is -0.498. The van der Waals surface area contributed by atoms with Crippen molar-refractivity contribution in [3.8, 4) is 0 Å². The van der Waals surface area contributed by atoms with Crippen LogP contribution in [0.5, 0.6) is 0 Å². The van der Waals surface area contributed by atoms with Gasteiger partial charge in [-0.1, -0.05) is 0 Å². The number of pyridine rings is 1. The van der Waals surface area contributed by atoms with E-state index in [0.717, 1.165) is 0 Å². The van der Waals surface area contributed by atoms with Gasteiger partial charge in [0.05, 0.1) is 11.1 Å². The molecule has 0 N–H and O–H groups in total. The summed E-state index contributed by atoms with van der Waals surface area (Å²) in [6.45, 7) is 10.8. The number of halogens is 1. The summed E-state index contributed by atoms with van der Waals surface area (Å²) in [7, 11) is 0. The van der Waals surface area contributed by atoms with Crippen LogP contribution in [0.1, 0.15) is 45.0 Å². The van der Waals surface area contributed by atoms with Crippen LogP contribution < -0.4 is 0 Å². The molecule has 0 bridgehead atoms. The Balaban J connectivity index is 2.08. The minimum Gasteiger partial charge on any atom is -0.444 e. The minimum absolute atomic E-state index is 0.0769. The van der Waals surface area contributed by atoms with Crippen molar-refractivity contribution in [1.82, 2.24) is 14.8 Å². The van der Waals surface area contributed by atoms with Crippen LogP contribution in [0.3, 0.4) is 0 Å². The fourth-order valence-corrected chi connectivity index (χ4v) is 2.90. The number of carbonyl (C=O) groups is 2. The molecular formula is C17H24BrN3O3. The van der Waals surface area contributed by atoms with Crippen LogP contribution in [0.15, 0.2) is 22.9 Å². The maximum absolute atomic E-state index is 12.6. The van der Waals surface area contributed by atoms with E-state index in [9.17, 15) is 9.59 Å². The lowest BCUT2D eigenvalue weighted by Gasteiger charge is -2.46. The van der Waals surface area contributed by atoms with Crippen molar-refractivity contribution in [3.05, 3.63) is 28.5 Å². The maximum Gasteiger partial charge on any atom is 0.410 e. The predicted molar refractivity (Wildman–Crippen MR) is 94.9 cm³/mol. The maximum atomic E-state index is 12.6. The molecule has 0 radical (unpaired) electrons. The van der Waals surface area contributed by atoms with Crippen molar-refractivity contribution in [2.24, 2.45) is 0 Å². The highest BCUT2D eigenvalue weighted by Crippen LogP contribution is 2.25. The molecule has 0 aliphatic carbocycles. The SMILES string of the molecule is CC(C)(C)OC(=O)N1CCN(C(=O)c2ccc(Br)nc2)CC1(C)C. The van der Waals surface area contributed by atoms with Crippen LogP contribution in [0.4, 0.5) is 4.79 Å². The molecule has 2 heterocycles. The fourth-order valence-electron chi connectivity index (χ4n) is 2.67. The Morgan fingerprint density at radius 3 is 2.42 bits per heavy atom. The van der Waals surface area contributed by atoms with Gasteiger partial charge in [-0.25, -0.2) is 9.78 Å². The van der Waals surface area contributed by atoms with Crippen molar-refractivity contribution in [3.63, 3.8) is 0 Å². The summed E-state index contributed by atoms with van der Waals surface area (Å²) in [5, 5.41) is 0. The topological polar surface area (TPSA) is 62.7 Å². The Bertz CT molecular complexity index is 623. The number of ether oxygens (including phenoxy) is 1. The molecule has 1 fully saturated rings.